The average molecular weight is 287 g/mol. The van der Waals surface area contributed by atoms with Gasteiger partial charge in [-0.25, -0.2) is 0 Å². The standard InChI is InChI=1S/C16H21N3O2/c20-15(16-5-3-11-21-16)13-19-9-7-18(8-10-19)12-14-4-1-2-6-17-14/h1-6,11,15,20H,7-10,12-13H2/t15-/m0/s1. The van der Waals surface area contributed by atoms with E-state index < -0.39 is 6.10 Å². The van der Waals surface area contributed by atoms with Crippen molar-refractivity contribution >= 4 is 0 Å². The summed E-state index contributed by atoms with van der Waals surface area (Å²) in [5, 5.41) is 10.1. The van der Waals surface area contributed by atoms with Gasteiger partial charge in [-0.05, 0) is 24.3 Å². The zero-order valence-electron chi connectivity index (χ0n) is 12.1. The summed E-state index contributed by atoms with van der Waals surface area (Å²) in [4.78, 5) is 9.05. The van der Waals surface area contributed by atoms with Crippen LogP contribution >= 0.6 is 0 Å². The van der Waals surface area contributed by atoms with Crippen LogP contribution in [0.25, 0.3) is 0 Å². The van der Waals surface area contributed by atoms with E-state index in [1.54, 1.807) is 6.26 Å². The van der Waals surface area contributed by atoms with Gasteiger partial charge >= 0.3 is 0 Å². The Hall–Kier alpha value is -1.69. The molecule has 1 atom stereocenters. The normalized spacial score (nSPS) is 18.7. The number of piperazine rings is 1. The number of aliphatic hydroxyl groups is 1. The molecule has 0 spiro atoms. The number of pyridine rings is 1. The highest BCUT2D eigenvalue weighted by atomic mass is 16.4. The highest BCUT2D eigenvalue weighted by Gasteiger charge is 2.21. The smallest absolute Gasteiger partial charge is 0.133 e. The summed E-state index contributed by atoms with van der Waals surface area (Å²) in [5.41, 5.74) is 1.11. The Labute approximate surface area is 124 Å². The molecular formula is C16H21N3O2. The molecule has 1 N–H and O–H groups in total. The highest BCUT2D eigenvalue weighted by molar-refractivity contribution is 5.04. The van der Waals surface area contributed by atoms with Crippen molar-refractivity contribution in [2.75, 3.05) is 32.7 Å². The highest BCUT2D eigenvalue weighted by Crippen LogP contribution is 2.16. The lowest BCUT2D eigenvalue weighted by molar-refractivity contribution is 0.0594. The van der Waals surface area contributed by atoms with Gasteiger partial charge in [-0.15, -0.1) is 0 Å². The van der Waals surface area contributed by atoms with Crippen molar-refractivity contribution in [1.29, 1.82) is 0 Å². The Bertz CT molecular complexity index is 522. The molecule has 2 aromatic rings. The molecule has 3 rings (SSSR count). The minimum absolute atomic E-state index is 0.539. The Balaban J connectivity index is 1.45. The second-order valence-corrected chi connectivity index (χ2v) is 5.43. The molecular weight excluding hydrogens is 266 g/mol. The van der Waals surface area contributed by atoms with Crippen molar-refractivity contribution < 1.29 is 9.52 Å². The van der Waals surface area contributed by atoms with Crippen LogP contribution in [0, 0.1) is 0 Å². The molecule has 0 aliphatic carbocycles. The van der Waals surface area contributed by atoms with E-state index in [9.17, 15) is 5.11 Å². The van der Waals surface area contributed by atoms with Crippen LogP contribution in [0.2, 0.25) is 0 Å². The number of hydrogen-bond donors (Lipinski definition) is 1. The van der Waals surface area contributed by atoms with Crippen molar-refractivity contribution in [2.24, 2.45) is 0 Å². The fraction of sp³-hybridized carbons (Fsp3) is 0.438. The van der Waals surface area contributed by atoms with Crippen LogP contribution in [0.5, 0.6) is 0 Å². The summed E-state index contributed by atoms with van der Waals surface area (Å²) in [7, 11) is 0. The van der Waals surface area contributed by atoms with E-state index in [0.29, 0.717) is 12.3 Å². The Morgan fingerprint density at radius 1 is 1.10 bits per heavy atom. The van der Waals surface area contributed by atoms with Gasteiger partial charge in [-0.3, -0.25) is 14.8 Å². The van der Waals surface area contributed by atoms with Crippen LogP contribution in [0.4, 0.5) is 0 Å². The molecule has 1 saturated heterocycles. The van der Waals surface area contributed by atoms with Gasteiger partial charge in [0.05, 0.1) is 12.0 Å². The first-order chi connectivity index (χ1) is 10.3. The first-order valence-electron chi connectivity index (χ1n) is 7.37. The maximum atomic E-state index is 10.1. The van der Waals surface area contributed by atoms with Gasteiger partial charge in [0, 0.05) is 45.5 Å². The van der Waals surface area contributed by atoms with Crippen LogP contribution in [0.1, 0.15) is 17.6 Å². The van der Waals surface area contributed by atoms with Crippen LogP contribution in [-0.2, 0) is 6.54 Å². The SMILES string of the molecule is O[C@@H](CN1CCN(Cc2ccccn2)CC1)c1ccco1. The number of nitrogens with zero attached hydrogens (tertiary/aromatic N) is 3. The lowest BCUT2D eigenvalue weighted by atomic mass is 10.2. The maximum Gasteiger partial charge on any atom is 0.133 e. The fourth-order valence-corrected chi connectivity index (χ4v) is 2.67. The maximum absolute atomic E-state index is 10.1. The molecule has 3 heterocycles. The van der Waals surface area contributed by atoms with Crippen molar-refractivity contribution in [2.45, 2.75) is 12.6 Å². The molecule has 0 radical (unpaired) electrons. The molecule has 0 amide bonds. The number of aromatic nitrogens is 1. The van der Waals surface area contributed by atoms with E-state index in [2.05, 4.69) is 20.9 Å². The molecule has 5 heteroatoms. The topological polar surface area (TPSA) is 52.7 Å². The third kappa shape index (κ3) is 3.91. The van der Waals surface area contributed by atoms with E-state index >= 15 is 0 Å². The molecule has 0 bridgehead atoms. The van der Waals surface area contributed by atoms with Gasteiger partial charge in [0.15, 0.2) is 0 Å². The van der Waals surface area contributed by atoms with Gasteiger partial charge in [-0.1, -0.05) is 6.07 Å². The summed E-state index contributed by atoms with van der Waals surface area (Å²) in [6, 6.07) is 9.66. The molecule has 0 aromatic carbocycles. The first-order valence-corrected chi connectivity index (χ1v) is 7.37. The molecule has 1 fully saturated rings. The zero-order valence-corrected chi connectivity index (χ0v) is 12.1. The third-order valence-electron chi connectivity index (χ3n) is 3.88. The Kier molecular flexibility index (Phi) is 4.65. The van der Waals surface area contributed by atoms with Crippen LogP contribution < -0.4 is 0 Å². The molecule has 21 heavy (non-hydrogen) atoms. The largest absolute Gasteiger partial charge is 0.467 e. The fourth-order valence-electron chi connectivity index (χ4n) is 2.67. The second-order valence-electron chi connectivity index (χ2n) is 5.43. The summed E-state index contributed by atoms with van der Waals surface area (Å²) >= 11 is 0. The summed E-state index contributed by atoms with van der Waals surface area (Å²) < 4.78 is 5.24. The number of furan rings is 1. The van der Waals surface area contributed by atoms with Gasteiger partial charge in [0.25, 0.3) is 0 Å². The van der Waals surface area contributed by atoms with Crippen LogP contribution in [0.3, 0.4) is 0 Å². The number of aliphatic hydroxyl groups excluding tert-OH is 1. The summed E-state index contributed by atoms with van der Waals surface area (Å²) in [6.45, 7) is 5.46. The predicted octanol–water partition coefficient (Wildman–Crippen LogP) is 1.53. The molecule has 112 valence electrons. The van der Waals surface area contributed by atoms with Crippen molar-refractivity contribution in [3.8, 4) is 0 Å². The summed E-state index contributed by atoms with van der Waals surface area (Å²) in [6.07, 6.45) is 2.90. The quantitative estimate of drug-likeness (QED) is 0.904. The van der Waals surface area contributed by atoms with Crippen LogP contribution in [0.15, 0.2) is 47.2 Å². The molecule has 1 aliphatic rings. The van der Waals surface area contributed by atoms with Gasteiger partial charge in [0.2, 0.25) is 0 Å². The monoisotopic (exact) mass is 287 g/mol. The Morgan fingerprint density at radius 2 is 1.90 bits per heavy atom. The van der Waals surface area contributed by atoms with E-state index in [-0.39, 0.29) is 0 Å². The molecule has 0 unspecified atom stereocenters. The lowest BCUT2D eigenvalue weighted by Crippen LogP contribution is -2.47. The van der Waals surface area contributed by atoms with Gasteiger partial charge in [-0.2, -0.15) is 0 Å². The van der Waals surface area contributed by atoms with Gasteiger partial charge < -0.3 is 9.52 Å². The minimum Gasteiger partial charge on any atom is -0.467 e. The van der Waals surface area contributed by atoms with Crippen molar-refractivity contribution in [3.63, 3.8) is 0 Å². The third-order valence-corrected chi connectivity index (χ3v) is 3.88. The Morgan fingerprint density at radius 3 is 2.57 bits per heavy atom. The number of hydrogen-bond acceptors (Lipinski definition) is 5. The van der Waals surface area contributed by atoms with Crippen molar-refractivity contribution in [3.05, 3.63) is 54.2 Å². The molecule has 2 aromatic heterocycles. The van der Waals surface area contributed by atoms with E-state index in [1.807, 2.05) is 30.5 Å². The second kappa shape index (κ2) is 6.85. The minimum atomic E-state index is -0.539. The van der Waals surface area contributed by atoms with Gasteiger partial charge in [0.1, 0.15) is 11.9 Å². The van der Waals surface area contributed by atoms with E-state index in [4.69, 9.17) is 4.42 Å². The first kappa shape index (κ1) is 14.3. The van der Waals surface area contributed by atoms with Crippen LogP contribution in [-0.4, -0.2) is 52.6 Å². The zero-order chi connectivity index (χ0) is 14.5. The number of β-amino-alcohol motifs (C(OH)–C–C–N with tert-alkyl or cyclic N) is 1. The molecule has 5 nitrogen and oxygen atoms in total. The molecule has 1 aliphatic heterocycles. The van der Waals surface area contributed by atoms with Crippen molar-refractivity contribution in [1.82, 2.24) is 14.8 Å². The summed E-state index contributed by atoms with van der Waals surface area (Å²) in [5.74, 6) is 0.644. The lowest BCUT2D eigenvalue weighted by Gasteiger charge is -2.35. The number of rotatable bonds is 5. The average Bonchev–Trinajstić information content (AvgIpc) is 3.05. The van der Waals surface area contributed by atoms with E-state index in [0.717, 1.165) is 38.4 Å². The predicted molar refractivity (Wildman–Crippen MR) is 79.6 cm³/mol. The van der Waals surface area contributed by atoms with E-state index in [1.165, 1.54) is 0 Å². The molecule has 0 saturated carbocycles.